The summed E-state index contributed by atoms with van der Waals surface area (Å²) in [6.45, 7) is 13.6. The van der Waals surface area contributed by atoms with E-state index in [-0.39, 0.29) is 17.9 Å². The number of alkyl carbamates (subject to hydrolysis) is 1. The van der Waals surface area contributed by atoms with Gasteiger partial charge in [-0.2, -0.15) is 0 Å². The molecule has 2 N–H and O–H groups in total. The van der Waals surface area contributed by atoms with Crippen molar-refractivity contribution in [2.45, 2.75) is 98.3 Å². The molecular formula is C28H44N2O4. The first-order valence-electron chi connectivity index (χ1n) is 12.7. The summed E-state index contributed by atoms with van der Waals surface area (Å²) < 4.78 is 5.26. The molecule has 0 heterocycles. The van der Waals surface area contributed by atoms with Crippen LogP contribution in [-0.2, 0) is 14.3 Å². The minimum absolute atomic E-state index is 0.101. The van der Waals surface area contributed by atoms with Crippen molar-refractivity contribution in [3.05, 3.63) is 35.9 Å². The molecule has 1 saturated carbocycles. The van der Waals surface area contributed by atoms with E-state index in [9.17, 15) is 14.4 Å². The largest absolute Gasteiger partial charge is 0.444 e. The van der Waals surface area contributed by atoms with Gasteiger partial charge in [-0.05, 0) is 70.3 Å². The molecule has 34 heavy (non-hydrogen) atoms. The molecule has 0 radical (unpaired) electrons. The predicted molar refractivity (Wildman–Crippen MR) is 135 cm³/mol. The third-order valence-corrected chi connectivity index (χ3v) is 6.76. The van der Waals surface area contributed by atoms with Gasteiger partial charge in [0.15, 0.2) is 0 Å². The first kappa shape index (κ1) is 27.9. The minimum Gasteiger partial charge on any atom is -0.444 e. The smallest absolute Gasteiger partial charge is 0.408 e. The van der Waals surface area contributed by atoms with Crippen molar-refractivity contribution in [1.82, 2.24) is 10.6 Å². The van der Waals surface area contributed by atoms with Gasteiger partial charge in [0.2, 0.25) is 5.91 Å². The molecule has 2 amide bonds. The molecule has 0 bridgehead atoms. The number of benzene rings is 1. The maximum Gasteiger partial charge on any atom is 0.408 e. The summed E-state index contributed by atoms with van der Waals surface area (Å²) >= 11 is 0. The first-order valence-corrected chi connectivity index (χ1v) is 12.7. The van der Waals surface area contributed by atoms with Crippen molar-refractivity contribution in [2.75, 3.05) is 0 Å². The second kappa shape index (κ2) is 12.4. The summed E-state index contributed by atoms with van der Waals surface area (Å²) in [5, 5.41) is 5.63. The molecule has 0 aliphatic heterocycles. The Morgan fingerprint density at radius 2 is 1.68 bits per heavy atom. The van der Waals surface area contributed by atoms with Gasteiger partial charge >= 0.3 is 6.09 Å². The van der Waals surface area contributed by atoms with Crippen molar-refractivity contribution >= 4 is 17.8 Å². The average Bonchev–Trinajstić information content (AvgIpc) is 2.75. The fourth-order valence-electron chi connectivity index (χ4n) is 4.90. The van der Waals surface area contributed by atoms with Gasteiger partial charge < -0.3 is 15.4 Å². The number of hydrogen-bond donors (Lipinski definition) is 2. The average molecular weight is 473 g/mol. The van der Waals surface area contributed by atoms with Crippen LogP contribution in [0.3, 0.4) is 0 Å². The highest BCUT2D eigenvalue weighted by Crippen LogP contribution is 2.39. The lowest BCUT2D eigenvalue weighted by Crippen LogP contribution is -2.47. The second-order valence-corrected chi connectivity index (χ2v) is 11.3. The molecule has 190 valence electrons. The molecule has 6 nitrogen and oxygen atoms in total. The lowest BCUT2D eigenvalue weighted by Gasteiger charge is -2.36. The zero-order valence-corrected chi connectivity index (χ0v) is 22.0. The van der Waals surface area contributed by atoms with Gasteiger partial charge in [0, 0.05) is 12.3 Å². The Balaban J connectivity index is 2.05. The van der Waals surface area contributed by atoms with E-state index in [2.05, 4.69) is 31.4 Å². The predicted octanol–water partition coefficient (Wildman–Crippen LogP) is 5.81. The highest BCUT2D eigenvalue weighted by Gasteiger charge is 2.35. The Morgan fingerprint density at radius 3 is 2.26 bits per heavy atom. The quantitative estimate of drug-likeness (QED) is 0.475. The van der Waals surface area contributed by atoms with Gasteiger partial charge in [-0.15, -0.1) is 0 Å². The number of ether oxygens (including phenoxy) is 1. The van der Waals surface area contributed by atoms with Crippen LogP contribution in [-0.4, -0.2) is 29.4 Å². The maximum absolute atomic E-state index is 13.3. The zero-order chi connectivity index (χ0) is 25.5. The SMILES string of the molecule is CC(C)[C@@H]1CC[C@@H](C)C[C@H]1C(=O)CCC(NC(=O)[C@@H](C)NC(=O)OC(C)(C)C)c1ccccc1. The van der Waals surface area contributed by atoms with E-state index >= 15 is 0 Å². The van der Waals surface area contributed by atoms with Crippen molar-refractivity contribution < 1.29 is 19.1 Å². The third-order valence-electron chi connectivity index (χ3n) is 6.76. The monoisotopic (exact) mass is 472 g/mol. The molecular weight excluding hydrogens is 428 g/mol. The Bertz CT molecular complexity index is 815. The van der Waals surface area contributed by atoms with E-state index < -0.39 is 17.7 Å². The van der Waals surface area contributed by atoms with Crippen LogP contribution < -0.4 is 10.6 Å². The van der Waals surface area contributed by atoms with Gasteiger partial charge in [-0.1, -0.05) is 57.5 Å². The molecule has 1 aliphatic rings. The number of carbonyl (C=O) groups is 3. The van der Waals surface area contributed by atoms with E-state index in [1.807, 2.05) is 30.3 Å². The molecule has 6 heteroatoms. The summed E-state index contributed by atoms with van der Waals surface area (Å²) in [6, 6.07) is 8.63. The van der Waals surface area contributed by atoms with Crippen LogP contribution in [0.5, 0.6) is 0 Å². The number of hydrogen-bond acceptors (Lipinski definition) is 4. The lowest BCUT2D eigenvalue weighted by atomic mass is 9.68. The molecule has 1 unspecified atom stereocenters. The molecule has 0 spiro atoms. The van der Waals surface area contributed by atoms with Crippen molar-refractivity contribution in [2.24, 2.45) is 23.7 Å². The van der Waals surface area contributed by atoms with Crippen molar-refractivity contribution in [3.8, 4) is 0 Å². The lowest BCUT2D eigenvalue weighted by molar-refractivity contribution is -0.128. The maximum atomic E-state index is 13.3. The van der Waals surface area contributed by atoms with Crippen LogP contribution in [0.15, 0.2) is 30.3 Å². The number of ketones is 1. The normalized spacial score (nSPS) is 22.5. The number of rotatable bonds is 9. The molecule has 2 rings (SSSR count). The van der Waals surface area contributed by atoms with Crippen LogP contribution in [0, 0.1) is 23.7 Å². The van der Waals surface area contributed by atoms with Crippen LogP contribution >= 0.6 is 0 Å². The highest BCUT2D eigenvalue weighted by atomic mass is 16.6. The Kier molecular flexibility index (Phi) is 10.1. The summed E-state index contributed by atoms with van der Waals surface area (Å²) in [5.74, 6) is 1.60. The summed E-state index contributed by atoms with van der Waals surface area (Å²) in [5.41, 5.74) is 0.308. The first-order chi connectivity index (χ1) is 15.9. The van der Waals surface area contributed by atoms with Crippen LogP contribution in [0.2, 0.25) is 0 Å². The standard InChI is InChI=1S/C28H44N2O4/c1-18(2)22-14-13-19(3)17-23(22)25(31)16-15-24(21-11-9-8-10-12-21)30-26(32)20(4)29-27(33)34-28(5,6)7/h8-12,18-20,22-24H,13-17H2,1-7H3,(H,29,33)(H,30,32)/t19-,20-,22+,23-,24?/m1/s1. The number of Topliss-reactive ketones (excluding diaryl/α,β-unsaturated/α-hetero) is 1. The van der Waals surface area contributed by atoms with Crippen LogP contribution in [0.25, 0.3) is 0 Å². The third kappa shape index (κ3) is 8.77. The topological polar surface area (TPSA) is 84.5 Å². The minimum atomic E-state index is -0.763. The van der Waals surface area contributed by atoms with Gasteiger partial charge in [-0.3, -0.25) is 9.59 Å². The summed E-state index contributed by atoms with van der Waals surface area (Å²) in [4.78, 5) is 38.3. The van der Waals surface area contributed by atoms with E-state index in [4.69, 9.17) is 4.74 Å². The van der Waals surface area contributed by atoms with E-state index in [1.165, 1.54) is 6.42 Å². The Labute approximate surface area is 205 Å². The Morgan fingerprint density at radius 1 is 1.03 bits per heavy atom. The zero-order valence-electron chi connectivity index (χ0n) is 22.0. The second-order valence-electron chi connectivity index (χ2n) is 11.3. The fourth-order valence-corrected chi connectivity index (χ4v) is 4.90. The number of amides is 2. The Hall–Kier alpha value is -2.37. The van der Waals surface area contributed by atoms with E-state index in [0.29, 0.717) is 36.4 Å². The van der Waals surface area contributed by atoms with Gasteiger partial charge in [0.25, 0.3) is 0 Å². The van der Waals surface area contributed by atoms with Gasteiger partial charge in [-0.25, -0.2) is 4.79 Å². The van der Waals surface area contributed by atoms with Crippen LogP contribution in [0.4, 0.5) is 4.79 Å². The molecule has 1 aromatic carbocycles. The van der Waals surface area contributed by atoms with Gasteiger partial charge in [0.05, 0.1) is 6.04 Å². The van der Waals surface area contributed by atoms with Crippen molar-refractivity contribution in [3.63, 3.8) is 0 Å². The molecule has 5 atom stereocenters. The molecule has 0 aromatic heterocycles. The van der Waals surface area contributed by atoms with Crippen molar-refractivity contribution in [1.29, 1.82) is 0 Å². The highest BCUT2D eigenvalue weighted by molar-refractivity contribution is 5.86. The molecule has 1 aromatic rings. The van der Waals surface area contributed by atoms with E-state index in [0.717, 1.165) is 18.4 Å². The molecule has 1 fully saturated rings. The fraction of sp³-hybridized carbons (Fsp3) is 0.679. The summed E-state index contributed by atoms with van der Waals surface area (Å²) in [6.07, 6.45) is 3.59. The number of carbonyl (C=O) groups excluding carboxylic acids is 3. The number of nitrogens with one attached hydrogen (secondary N) is 2. The van der Waals surface area contributed by atoms with Gasteiger partial charge in [0.1, 0.15) is 17.4 Å². The summed E-state index contributed by atoms with van der Waals surface area (Å²) in [7, 11) is 0. The molecule has 1 aliphatic carbocycles. The van der Waals surface area contributed by atoms with E-state index in [1.54, 1.807) is 27.7 Å². The molecule has 0 saturated heterocycles. The van der Waals surface area contributed by atoms with Crippen LogP contribution in [0.1, 0.15) is 92.2 Å².